The van der Waals surface area contributed by atoms with Gasteiger partial charge in [-0.25, -0.2) is 18.2 Å². The molecule has 1 aliphatic rings. The molecule has 1 N–H and O–H groups in total. The van der Waals surface area contributed by atoms with Crippen LogP contribution in [0.1, 0.15) is 56.4 Å². The second-order valence-corrected chi connectivity index (χ2v) is 15.6. The number of hydrogen-bond donors (Lipinski definition) is 0. The number of aromatic amines is 1. The van der Waals surface area contributed by atoms with Crippen molar-refractivity contribution in [1.82, 2.24) is 4.90 Å². The number of anilines is 1. The van der Waals surface area contributed by atoms with Crippen molar-refractivity contribution < 1.29 is 50.7 Å². The van der Waals surface area contributed by atoms with E-state index in [9.17, 15) is 26.8 Å². The molecule has 2 aromatic carbocycles. The number of likely N-dealkylation sites (N-methyl/N-ethyl adjacent to an activating group) is 1. The van der Waals surface area contributed by atoms with E-state index >= 15 is 0 Å². The molecule has 272 valence electrons. The molecule has 50 heavy (non-hydrogen) atoms. The van der Waals surface area contributed by atoms with Crippen LogP contribution in [-0.2, 0) is 37.3 Å². The summed E-state index contributed by atoms with van der Waals surface area (Å²) in [5, 5.41) is 0.617. The fraction of sp³-hybridized carbons (Fsp3) is 0.441. The van der Waals surface area contributed by atoms with Crippen molar-refractivity contribution in [2.24, 2.45) is 5.92 Å². The molecule has 0 saturated heterocycles. The van der Waals surface area contributed by atoms with Crippen LogP contribution in [0, 0.1) is 5.92 Å². The Morgan fingerprint density at radius 1 is 1.02 bits per heavy atom. The fourth-order valence-corrected chi connectivity index (χ4v) is 6.21. The van der Waals surface area contributed by atoms with Crippen LogP contribution >= 0.6 is 23.2 Å². The average Bonchev–Trinajstić information content (AvgIpc) is 3.82. The van der Waals surface area contributed by atoms with Crippen LogP contribution in [0.15, 0.2) is 54.9 Å². The Kier molecular flexibility index (Phi) is 12.9. The first-order valence-electron chi connectivity index (χ1n) is 15.7. The van der Waals surface area contributed by atoms with E-state index in [1.165, 1.54) is 42.7 Å². The Morgan fingerprint density at radius 3 is 2.22 bits per heavy atom. The van der Waals surface area contributed by atoms with Gasteiger partial charge in [-0.1, -0.05) is 41.4 Å². The van der Waals surface area contributed by atoms with Gasteiger partial charge in [0.05, 0.1) is 25.1 Å². The van der Waals surface area contributed by atoms with Gasteiger partial charge in [-0.05, 0) is 82.0 Å². The highest BCUT2D eigenvalue weighted by molar-refractivity contribution is 7.92. The van der Waals surface area contributed by atoms with Gasteiger partial charge in [0.25, 0.3) is 0 Å². The van der Waals surface area contributed by atoms with E-state index in [1.54, 1.807) is 44.9 Å². The number of alkyl halides is 2. The first kappa shape index (κ1) is 39.1. The summed E-state index contributed by atoms with van der Waals surface area (Å²) in [7, 11) is -2.31. The van der Waals surface area contributed by atoms with Crippen molar-refractivity contribution in [3.05, 3.63) is 81.6 Å². The van der Waals surface area contributed by atoms with Crippen LogP contribution < -0.4 is 18.8 Å². The number of amides is 1. The lowest BCUT2D eigenvalue weighted by Gasteiger charge is -2.26. The zero-order chi connectivity index (χ0) is 36.8. The maximum atomic E-state index is 13.3. The van der Waals surface area contributed by atoms with E-state index in [4.69, 9.17) is 37.4 Å². The molecular weight excluding hydrogens is 719 g/mol. The molecule has 0 bridgehead atoms. The van der Waals surface area contributed by atoms with Crippen molar-refractivity contribution in [2.75, 3.05) is 30.8 Å². The lowest BCUT2D eigenvalue weighted by molar-refractivity contribution is -0.377. The number of pyridine rings is 1. The van der Waals surface area contributed by atoms with E-state index in [0.29, 0.717) is 43.6 Å². The summed E-state index contributed by atoms with van der Waals surface area (Å²) in [4.78, 5) is 30.5. The van der Waals surface area contributed by atoms with Crippen LogP contribution in [0.25, 0.3) is 0 Å². The third-order valence-electron chi connectivity index (χ3n) is 7.30. The number of ether oxygens (including phenoxy) is 4. The number of aromatic nitrogens is 1. The molecule has 1 aliphatic carbocycles. The molecule has 4 rings (SSSR count). The summed E-state index contributed by atoms with van der Waals surface area (Å²) in [5.74, 6) is -0.321. The number of nitrogens with zero attached hydrogens (tertiary/aromatic N) is 2. The van der Waals surface area contributed by atoms with Crippen LogP contribution in [-0.4, -0.2) is 64.0 Å². The largest absolute Gasteiger partial charge is 0.489 e. The van der Waals surface area contributed by atoms with Gasteiger partial charge in [0.15, 0.2) is 23.9 Å². The van der Waals surface area contributed by atoms with E-state index in [0.717, 1.165) is 19.1 Å². The number of hydrogen-bond acceptors (Lipinski definition) is 9. The molecular formula is C34H40Cl2F2N3O8S+. The minimum absolute atomic E-state index is 0.0643. The Balaban J connectivity index is 1.50. The SMILES string of the molecule is CN(CC(=O)O[C@@H](Cc1c(Cl)c[nH+]cc1Cl)c1ccc(OC(F)F)c(OCC2CC2)c1)Cc1ccc(N(C(=O)OC(C)(C)C)S(C)(=O)=O)cc1. The van der Waals surface area contributed by atoms with Crippen molar-refractivity contribution in [1.29, 1.82) is 0 Å². The molecule has 0 radical (unpaired) electrons. The third-order valence-corrected chi connectivity index (χ3v) is 9.00. The molecule has 0 aliphatic heterocycles. The summed E-state index contributed by atoms with van der Waals surface area (Å²) in [6.45, 7) is 2.26. The lowest BCUT2D eigenvalue weighted by atomic mass is 10.0. The molecule has 1 amide bonds. The van der Waals surface area contributed by atoms with E-state index in [2.05, 4.69) is 9.72 Å². The third kappa shape index (κ3) is 11.7. The first-order valence-corrected chi connectivity index (χ1v) is 18.3. The number of carbonyl (C=O) groups excluding carboxylic acids is 2. The van der Waals surface area contributed by atoms with Crippen LogP contribution in [0.2, 0.25) is 10.0 Å². The van der Waals surface area contributed by atoms with Crippen LogP contribution in [0.5, 0.6) is 11.5 Å². The zero-order valence-electron chi connectivity index (χ0n) is 28.3. The van der Waals surface area contributed by atoms with E-state index in [-0.39, 0.29) is 36.7 Å². The number of benzene rings is 2. The lowest BCUT2D eigenvalue weighted by Crippen LogP contribution is -2.40. The predicted molar refractivity (Wildman–Crippen MR) is 183 cm³/mol. The van der Waals surface area contributed by atoms with Crippen molar-refractivity contribution in [2.45, 2.75) is 64.9 Å². The van der Waals surface area contributed by atoms with Gasteiger partial charge in [0.2, 0.25) is 10.0 Å². The average molecular weight is 760 g/mol. The zero-order valence-corrected chi connectivity index (χ0v) is 30.6. The molecule has 1 fully saturated rings. The molecule has 1 atom stereocenters. The molecule has 1 heterocycles. The Bertz CT molecular complexity index is 1750. The normalized spacial score (nSPS) is 14.0. The highest BCUT2D eigenvalue weighted by Gasteiger charge is 2.31. The summed E-state index contributed by atoms with van der Waals surface area (Å²) in [5.41, 5.74) is 0.846. The summed E-state index contributed by atoms with van der Waals surface area (Å²) < 4.78 is 73.5. The molecule has 16 heteroatoms. The summed E-state index contributed by atoms with van der Waals surface area (Å²) >= 11 is 12.8. The summed E-state index contributed by atoms with van der Waals surface area (Å²) in [6.07, 6.45) is 4.03. The number of esters is 1. The molecule has 0 spiro atoms. The standard InChI is InChI=1S/C34H39Cl2F2N3O8S/c1-34(2,3)49-33(43)41(50(5,44)45)24-11-8-21(9-12-24)18-40(4)19-31(42)47-29(15-25-26(35)16-39-17-27(25)36)23-10-13-28(48-32(37)38)30(14-23)46-20-22-6-7-22/h8-14,16-17,22,29,32H,6-7,15,18-20H2,1-5H3/p+1/t29-/m0/s1. The van der Waals surface area contributed by atoms with Gasteiger partial charge in [0.1, 0.15) is 21.8 Å². The molecule has 0 unspecified atom stereocenters. The summed E-state index contributed by atoms with van der Waals surface area (Å²) in [6, 6.07) is 10.6. The van der Waals surface area contributed by atoms with Gasteiger partial charge in [0, 0.05) is 18.5 Å². The van der Waals surface area contributed by atoms with Gasteiger partial charge in [-0.2, -0.15) is 13.1 Å². The van der Waals surface area contributed by atoms with Gasteiger partial charge in [-0.3, -0.25) is 9.69 Å². The number of nitrogens with one attached hydrogen (secondary N) is 1. The molecule has 1 aromatic heterocycles. The Hall–Kier alpha value is -3.72. The van der Waals surface area contributed by atoms with E-state index < -0.39 is 40.4 Å². The Labute approximate surface area is 300 Å². The van der Waals surface area contributed by atoms with Gasteiger partial charge in [-0.15, -0.1) is 0 Å². The number of halogens is 4. The number of H-pyrrole nitrogens is 1. The Morgan fingerprint density at radius 2 is 1.66 bits per heavy atom. The van der Waals surface area contributed by atoms with Crippen molar-refractivity contribution in [3.8, 4) is 11.5 Å². The van der Waals surface area contributed by atoms with Gasteiger partial charge < -0.3 is 18.9 Å². The second kappa shape index (κ2) is 16.5. The van der Waals surface area contributed by atoms with Gasteiger partial charge >= 0.3 is 18.7 Å². The van der Waals surface area contributed by atoms with Crippen LogP contribution in [0.3, 0.4) is 0 Å². The minimum Gasteiger partial charge on any atom is -0.489 e. The monoisotopic (exact) mass is 758 g/mol. The molecule has 11 nitrogen and oxygen atoms in total. The second-order valence-electron chi connectivity index (χ2n) is 13.0. The molecule has 3 aromatic rings. The maximum Gasteiger partial charge on any atom is 0.428 e. The van der Waals surface area contributed by atoms with Crippen molar-refractivity contribution >= 4 is 51.0 Å². The maximum absolute atomic E-state index is 13.3. The number of rotatable bonds is 15. The van der Waals surface area contributed by atoms with Crippen molar-refractivity contribution in [3.63, 3.8) is 0 Å². The van der Waals surface area contributed by atoms with Crippen LogP contribution in [0.4, 0.5) is 19.3 Å². The first-order chi connectivity index (χ1) is 23.4. The number of sulfonamides is 1. The fourth-order valence-electron chi connectivity index (χ4n) is 4.86. The smallest absolute Gasteiger partial charge is 0.428 e. The minimum atomic E-state index is -4.00. The topological polar surface area (TPSA) is 126 Å². The highest BCUT2D eigenvalue weighted by atomic mass is 35.5. The van der Waals surface area contributed by atoms with E-state index in [1.807, 2.05) is 0 Å². The predicted octanol–water partition coefficient (Wildman–Crippen LogP) is 6.86. The number of carbonyl (C=O) groups is 2. The highest BCUT2D eigenvalue weighted by Crippen LogP contribution is 2.38. The quantitative estimate of drug-likeness (QED) is 0.153. The molecule has 1 saturated carbocycles.